The van der Waals surface area contributed by atoms with Crippen molar-refractivity contribution in [1.82, 2.24) is 0 Å². The van der Waals surface area contributed by atoms with Crippen molar-refractivity contribution >= 4 is 6.08 Å². The molecule has 0 atom stereocenters. The molecule has 0 spiro atoms. The molecular formula is C16H24. The molecule has 0 aliphatic rings. The summed E-state index contributed by atoms with van der Waals surface area (Å²) in [5.41, 5.74) is 1.31. The van der Waals surface area contributed by atoms with Crippen molar-refractivity contribution in [3.63, 3.8) is 0 Å². The highest BCUT2D eigenvalue weighted by atomic mass is 13.9. The first-order valence-corrected chi connectivity index (χ1v) is 6.15. The molecule has 0 radical (unpaired) electrons. The van der Waals surface area contributed by atoms with Crippen molar-refractivity contribution in [2.45, 2.75) is 39.0 Å². The predicted octanol–water partition coefficient (Wildman–Crippen LogP) is 5.47. The molecule has 0 unspecified atom stereocenters. The molecule has 0 aliphatic heterocycles. The van der Waals surface area contributed by atoms with E-state index in [1.54, 1.807) is 0 Å². The fourth-order valence-electron chi connectivity index (χ4n) is 1.47. The van der Waals surface area contributed by atoms with Gasteiger partial charge in [-0.3, -0.25) is 0 Å². The highest BCUT2D eigenvalue weighted by Crippen LogP contribution is 2.06. The maximum atomic E-state index is 3.00. The zero-order chi connectivity index (χ0) is 12.1. The molecule has 0 heterocycles. The largest absolute Gasteiger partial charge is 0.106 e. The van der Waals surface area contributed by atoms with Crippen molar-refractivity contribution < 1.29 is 0 Å². The van der Waals surface area contributed by atoms with Crippen LogP contribution in [0.3, 0.4) is 0 Å². The van der Waals surface area contributed by atoms with Gasteiger partial charge in [-0.1, -0.05) is 68.7 Å². The molecule has 0 saturated carbocycles. The van der Waals surface area contributed by atoms with Crippen LogP contribution in [-0.2, 0) is 0 Å². The van der Waals surface area contributed by atoms with Crippen LogP contribution in [0.25, 0.3) is 6.08 Å². The Morgan fingerprint density at radius 2 is 1.69 bits per heavy atom. The first-order chi connectivity index (χ1) is 7.93. The van der Waals surface area contributed by atoms with E-state index >= 15 is 0 Å². The van der Waals surface area contributed by atoms with E-state index < -0.39 is 0 Å². The maximum absolute atomic E-state index is 3.00. The van der Waals surface area contributed by atoms with Crippen LogP contribution in [-0.4, -0.2) is 0 Å². The second kappa shape index (κ2) is 11.8. The second-order valence-corrected chi connectivity index (χ2v) is 3.66. The fraction of sp³-hybridized carbons (Fsp3) is 0.375. The second-order valence-electron chi connectivity index (χ2n) is 3.66. The zero-order valence-corrected chi connectivity index (χ0v) is 10.5. The summed E-state index contributed by atoms with van der Waals surface area (Å²) >= 11 is 0. The van der Waals surface area contributed by atoms with E-state index in [-0.39, 0.29) is 0 Å². The Morgan fingerprint density at radius 3 is 2.31 bits per heavy atom. The average molecular weight is 216 g/mol. The first kappa shape index (κ1) is 14.7. The summed E-state index contributed by atoms with van der Waals surface area (Å²) in [5, 5.41) is 0. The number of rotatable bonds is 6. The SMILES string of the molecule is C=C.CCCCCCC=Cc1ccccc1. The molecule has 0 heteroatoms. The highest BCUT2D eigenvalue weighted by Gasteiger charge is 1.85. The molecule has 0 amide bonds. The van der Waals surface area contributed by atoms with Crippen LogP contribution in [0.2, 0.25) is 0 Å². The molecule has 88 valence electrons. The van der Waals surface area contributed by atoms with E-state index in [1.807, 2.05) is 0 Å². The van der Waals surface area contributed by atoms with Gasteiger partial charge < -0.3 is 0 Å². The number of allylic oxidation sites excluding steroid dienone is 1. The Kier molecular flexibility index (Phi) is 10.8. The van der Waals surface area contributed by atoms with E-state index in [2.05, 4.69) is 62.6 Å². The van der Waals surface area contributed by atoms with Crippen LogP contribution in [0.15, 0.2) is 49.6 Å². The molecule has 1 aromatic rings. The first-order valence-electron chi connectivity index (χ1n) is 6.15. The van der Waals surface area contributed by atoms with Crippen molar-refractivity contribution in [3.05, 3.63) is 55.1 Å². The van der Waals surface area contributed by atoms with Crippen molar-refractivity contribution in [2.75, 3.05) is 0 Å². The van der Waals surface area contributed by atoms with E-state index in [0.717, 1.165) is 0 Å². The smallest absolute Gasteiger partial charge is 0.0260 e. The summed E-state index contributed by atoms with van der Waals surface area (Å²) in [5.74, 6) is 0. The third-order valence-corrected chi connectivity index (χ3v) is 2.33. The minimum Gasteiger partial charge on any atom is -0.106 e. The molecule has 16 heavy (non-hydrogen) atoms. The summed E-state index contributed by atoms with van der Waals surface area (Å²) in [4.78, 5) is 0. The monoisotopic (exact) mass is 216 g/mol. The van der Waals surface area contributed by atoms with Crippen LogP contribution >= 0.6 is 0 Å². The van der Waals surface area contributed by atoms with E-state index in [1.165, 1.54) is 37.7 Å². The minimum atomic E-state index is 1.22. The van der Waals surface area contributed by atoms with Gasteiger partial charge in [-0.2, -0.15) is 0 Å². The standard InChI is InChI=1S/C14H20.C2H4/c1-2-3-4-5-6-8-11-14-12-9-7-10-13-14;1-2/h7-13H,2-6H2,1H3;1-2H2. The number of hydrogen-bond acceptors (Lipinski definition) is 0. The van der Waals surface area contributed by atoms with Gasteiger partial charge >= 0.3 is 0 Å². The van der Waals surface area contributed by atoms with Gasteiger partial charge in [-0.15, -0.1) is 13.2 Å². The predicted molar refractivity (Wildman–Crippen MR) is 75.5 cm³/mol. The third kappa shape index (κ3) is 8.05. The molecule has 0 bridgehead atoms. The van der Waals surface area contributed by atoms with Crippen molar-refractivity contribution in [2.24, 2.45) is 0 Å². The van der Waals surface area contributed by atoms with Gasteiger partial charge in [0.25, 0.3) is 0 Å². The van der Waals surface area contributed by atoms with E-state index in [0.29, 0.717) is 0 Å². The van der Waals surface area contributed by atoms with E-state index in [4.69, 9.17) is 0 Å². The minimum absolute atomic E-state index is 1.22. The van der Waals surface area contributed by atoms with Gasteiger partial charge in [0.15, 0.2) is 0 Å². The lowest BCUT2D eigenvalue weighted by Crippen LogP contribution is -1.74. The topological polar surface area (TPSA) is 0 Å². The Bertz CT molecular complexity index is 259. The summed E-state index contributed by atoms with van der Waals surface area (Å²) in [6.07, 6.45) is 11.1. The van der Waals surface area contributed by atoms with Gasteiger partial charge in [0.2, 0.25) is 0 Å². The molecule has 0 fully saturated rings. The average Bonchev–Trinajstić information content (AvgIpc) is 2.37. The Labute approximate surface area is 101 Å². The molecule has 0 saturated heterocycles. The highest BCUT2D eigenvalue weighted by molar-refractivity contribution is 5.48. The van der Waals surface area contributed by atoms with Crippen LogP contribution < -0.4 is 0 Å². The van der Waals surface area contributed by atoms with Crippen LogP contribution in [0.5, 0.6) is 0 Å². The Balaban J connectivity index is 0.00000106. The molecule has 0 nitrogen and oxygen atoms in total. The number of benzene rings is 1. The third-order valence-electron chi connectivity index (χ3n) is 2.33. The maximum Gasteiger partial charge on any atom is -0.0260 e. The lowest BCUT2D eigenvalue weighted by Gasteiger charge is -1.94. The zero-order valence-electron chi connectivity index (χ0n) is 10.5. The summed E-state index contributed by atoms with van der Waals surface area (Å²) in [6.45, 7) is 8.25. The van der Waals surface area contributed by atoms with Crippen molar-refractivity contribution in [1.29, 1.82) is 0 Å². The molecule has 1 rings (SSSR count). The van der Waals surface area contributed by atoms with Gasteiger partial charge in [0.05, 0.1) is 0 Å². The Morgan fingerprint density at radius 1 is 1.00 bits per heavy atom. The number of unbranched alkanes of at least 4 members (excludes halogenated alkanes) is 4. The Hall–Kier alpha value is -1.30. The molecule has 0 aromatic heterocycles. The summed E-state index contributed by atoms with van der Waals surface area (Å²) in [7, 11) is 0. The van der Waals surface area contributed by atoms with Gasteiger partial charge in [0.1, 0.15) is 0 Å². The molecular weight excluding hydrogens is 192 g/mol. The van der Waals surface area contributed by atoms with E-state index in [9.17, 15) is 0 Å². The van der Waals surface area contributed by atoms with Gasteiger partial charge in [-0.05, 0) is 18.4 Å². The van der Waals surface area contributed by atoms with Crippen LogP contribution in [0.1, 0.15) is 44.6 Å². The van der Waals surface area contributed by atoms with Gasteiger partial charge in [0, 0.05) is 0 Å². The van der Waals surface area contributed by atoms with Gasteiger partial charge in [-0.25, -0.2) is 0 Å². The number of hydrogen-bond donors (Lipinski definition) is 0. The van der Waals surface area contributed by atoms with Crippen LogP contribution in [0.4, 0.5) is 0 Å². The fourth-order valence-corrected chi connectivity index (χ4v) is 1.47. The quantitative estimate of drug-likeness (QED) is 0.437. The van der Waals surface area contributed by atoms with Crippen molar-refractivity contribution in [3.8, 4) is 0 Å². The normalized spacial score (nSPS) is 9.81. The van der Waals surface area contributed by atoms with Crippen LogP contribution in [0, 0.1) is 0 Å². The summed E-state index contributed by atoms with van der Waals surface area (Å²) in [6, 6.07) is 10.5. The summed E-state index contributed by atoms with van der Waals surface area (Å²) < 4.78 is 0. The molecule has 0 N–H and O–H groups in total. The lowest BCUT2D eigenvalue weighted by molar-refractivity contribution is 0.675. The molecule has 1 aromatic carbocycles. The molecule has 0 aliphatic carbocycles. The lowest BCUT2D eigenvalue weighted by atomic mass is 10.1.